The second-order valence-electron chi connectivity index (χ2n) is 6.15. The molecule has 2 atom stereocenters. The number of benzene rings is 1. The van der Waals surface area contributed by atoms with Crippen molar-refractivity contribution >= 4 is 21.7 Å². The highest BCUT2D eigenvalue weighted by Gasteiger charge is 2.36. The molecule has 1 fully saturated rings. The fourth-order valence-corrected chi connectivity index (χ4v) is 4.61. The Morgan fingerprint density at radius 2 is 2.00 bits per heavy atom. The predicted molar refractivity (Wildman–Crippen MR) is 93.6 cm³/mol. The molecule has 0 aromatic heterocycles. The van der Waals surface area contributed by atoms with Gasteiger partial charge in [-0.1, -0.05) is 30.3 Å². The van der Waals surface area contributed by atoms with Crippen LogP contribution in [-0.4, -0.2) is 62.9 Å². The number of methoxy groups -OCH3 is 1. The molecule has 1 N–H and O–H groups in total. The summed E-state index contributed by atoms with van der Waals surface area (Å²) in [5.74, 6) is -1.53. The van der Waals surface area contributed by atoms with Crippen LogP contribution in [0.25, 0.3) is 0 Å². The molecule has 1 saturated heterocycles. The number of carbonyl (C=O) groups is 2. The van der Waals surface area contributed by atoms with Gasteiger partial charge in [-0.15, -0.1) is 0 Å². The van der Waals surface area contributed by atoms with Gasteiger partial charge >= 0.3 is 11.8 Å². The van der Waals surface area contributed by atoms with Crippen molar-refractivity contribution in [2.45, 2.75) is 25.4 Å². The van der Waals surface area contributed by atoms with E-state index >= 15 is 0 Å². The Morgan fingerprint density at radius 3 is 2.56 bits per heavy atom. The van der Waals surface area contributed by atoms with Gasteiger partial charge in [-0.05, 0) is 18.9 Å². The van der Waals surface area contributed by atoms with E-state index in [2.05, 4.69) is 5.32 Å². The minimum Gasteiger partial charge on any atom is -0.383 e. The fourth-order valence-electron chi connectivity index (χ4n) is 2.87. The molecule has 138 valence electrons. The fraction of sp³-hybridized carbons (Fsp3) is 0.529. The van der Waals surface area contributed by atoms with Gasteiger partial charge in [0.1, 0.15) is 0 Å². The van der Waals surface area contributed by atoms with Crippen LogP contribution in [0.1, 0.15) is 24.9 Å². The van der Waals surface area contributed by atoms with Crippen molar-refractivity contribution in [3.05, 3.63) is 35.9 Å². The highest BCUT2D eigenvalue weighted by atomic mass is 32.2. The van der Waals surface area contributed by atoms with Crippen LogP contribution in [0.5, 0.6) is 0 Å². The number of hydrogen-bond donors (Lipinski definition) is 1. The summed E-state index contributed by atoms with van der Waals surface area (Å²) in [6.07, 6.45) is 0.347. The van der Waals surface area contributed by atoms with Gasteiger partial charge in [0.05, 0.1) is 24.2 Å². The third kappa shape index (κ3) is 5.27. The average Bonchev–Trinajstić information content (AvgIpc) is 2.95. The first kappa shape index (κ1) is 19.4. The summed E-state index contributed by atoms with van der Waals surface area (Å²) in [7, 11) is -1.67. The quantitative estimate of drug-likeness (QED) is 0.739. The van der Waals surface area contributed by atoms with Gasteiger partial charge in [-0.3, -0.25) is 9.59 Å². The standard InChI is InChI=1S/C17H24N2O5S/c1-13(14-6-4-3-5-7-14)18-16(20)17(21)19(9-10-24-2)15-8-11-25(22,23)12-15/h3-7,13,15H,8-12H2,1-2H3,(H,18,20). The Hall–Kier alpha value is -1.93. The molecule has 0 bridgehead atoms. The molecule has 1 aliphatic heterocycles. The molecule has 25 heavy (non-hydrogen) atoms. The maximum absolute atomic E-state index is 12.6. The Balaban J connectivity index is 2.06. The van der Waals surface area contributed by atoms with Crippen LogP contribution in [-0.2, 0) is 24.2 Å². The highest BCUT2D eigenvalue weighted by Crippen LogP contribution is 2.18. The van der Waals surface area contributed by atoms with E-state index in [4.69, 9.17) is 4.74 Å². The Bertz CT molecular complexity index is 705. The summed E-state index contributed by atoms with van der Waals surface area (Å²) in [5, 5.41) is 2.68. The zero-order chi connectivity index (χ0) is 18.4. The smallest absolute Gasteiger partial charge is 0.312 e. The SMILES string of the molecule is COCCN(C(=O)C(=O)NC(C)c1ccccc1)C1CCS(=O)(=O)C1. The molecule has 1 aliphatic rings. The van der Waals surface area contributed by atoms with Gasteiger partial charge < -0.3 is 15.0 Å². The monoisotopic (exact) mass is 368 g/mol. The van der Waals surface area contributed by atoms with Crippen molar-refractivity contribution in [3.63, 3.8) is 0 Å². The van der Waals surface area contributed by atoms with Crippen molar-refractivity contribution in [1.29, 1.82) is 0 Å². The van der Waals surface area contributed by atoms with E-state index < -0.39 is 27.7 Å². The summed E-state index contributed by atoms with van der Waals surface area (Å²) in [6.45, 7) is 2.21. The molecule has 1 aromatic carbocycles. The molecule has 8 heteroatoms. The van der Waals surface area contributed by atoms with Crippen molar-refractivity contribution in [2.75, 3.05) is 31.8 Å². The number of hydrogen-bond acceptors (Lipinski definition) is 5. The molecule has 0 saturated carbocycles. The lowest BCUT2D eigenvalue weighted by Crippen LogP contribution is -2.50. The molecule has 2 rings (SSSR count). The molecule has 1 aromatic rings. The third-order valence-electron chi connectivity index (χ3n) is 4.29. The molecular formula is C17H24N2O5S. The normalized spacial score (nSPS) is 20.0. The molecule has 0 spiro atoms. The zero-order valence-corrected chi connectivity index (χ0v) is 15.3. The second kappa shape index (κ2) is 8.44. The van der Waals surface area contributed by atoms with E-state index in [1.807, 2.05) is 30.3 Å². The largest absolute Gasteiger partial charge is 0.383 e. The highest BCUT2D eigenvalue weighted by molar-refractivity contribution is 7.91. The van der Waals surface area contributed by atoms with Crippen molar-refractivity contribution < 1.29 is 22.7 Å². The Labute approximate surface area is 148 Å². The van der Waals surface area contributed by atoms with E-state index in [-0.39, 0.29) is 30.7 Å². The van der Waals surface area contributed by atoms with Crippen LogP contribution in [0.4, 0.5) is 0 Å². The second-order valence-corrected chi connectivity index (χ2v) is 8.38. The summed E-state index contributed by atoms with van der Waals surface area (Å²) >= 11 is 0. The molecular weight excluding hydrogens is 344 g/mol. The first-order valence-electron chi connectivity index (χ1n) is 8.20. The van der Waals surface area contributed by atoms with Crippen molar-refractivity contribution in [1.82, 2.24) is 10.2 Å². The molecule has 1 heterocycles. The Kier molecular flexibility index (Phi) is 6.55. The average molecular weight is 368 g/mol. The summed E-state index contributed by atoms with van der Waals surface area (Å²) < 4.78 is 28.4. The van der Waals surface area contributed by atoms with Crippen LogP contribution >= 0.6 is 0 Å². The van der Waals surface area contributed by atoms with E-state index in [0.717, 1.165) is 5.56 Å². The summed E-state index contributed by atoms with van der Waals surface area (Å²) in [5.41, 5.74) is 0.885. The Morgan fingerprint density at radius 1 is 1.32 bits per heavy atom. The van der Waals surface area contributed by atoms with Gasteiger partial charge in [-0.25, -0.2) is 8.42 Å². The first-order valence-corrected chi connectivity index (χ1v) is 10.0. The van der Waals surface area contributed by atoms with E-state index in [0.29, 0.717) is 6.42 Å². The third-order valence-corrected chi connectivity index (χ3v) is 6.04. The topological polar surface area (TPSA) is 92.8 Å². The lowest BCUT2D eigenvalue weighted by atomic mass is 10.1. The van der Waals surface area contributed by atoms with Crippen LogP contribution in [0.2, 0.25) is 0 Å². The van der Waals surface area contributed by atoms with Crippen LogP contribution in [0.15, 0.2) is 30.3 Å². The van der Waals surface area contributed by atoms with Gasteiger partial charge in [0.15, 0.2) is 9.84 Å². The lowest BCUT2D eigenvalue weighted by molar-refractivity contribution is -0.147. The summed E-state index contributed by atoms with van der Waals surface area (Å²) in [6, 6.07) is 8.50. The van der Waals surface area contributed by atoms with E-state index in [1.54, 1.807) is 6.92 Å². The van der Waals surface area contributed by atoms with E-state index in [1.165, 1.54) is 12.0 Å². The number of ether oxygens (including phenoxy) is 1. The van der Waals surface area contributed by atoms with Crippen LogP contribution in [0.3, 0.4) is 0 Å². The number of carbonyl (C=O) groups excluding carboxylic acids is 2. The zero-order valence-electron chi connectivity index (χ0n) is 14.5. The number of sulfone groups is 1. The van der Waals surface area contributed by atoms with Gasteiger partial charge in [0.25, 0.3) is 0 Å². The molecule has 7 nitrogen and oxygen atoms in total. The number of nitrogens with one attached hydrogen (secondary N) is 1. The predicted octanol–water partition coefficient (Wildman–Crippen LogP) is 0.526. The van der Waals surface area contributed by atoms with Crippen LogP contribution < -0.4 is 5.32 Å². The number of amides is 2. The maximum atomic E-state index is 12.6. The molecule has 2 unspecified atom stereocenters. The lowest BCUT2D eigenvalue weighted by Gasteiger charge is -2.28. The number of rotatable bonds is 6. The van der Waals surface area contributed by atoms with E-state index in [9.17, 15) is 18.0 Å². The van der Waals surface area contributed by atoms with Crippen LogP contribution in [0, 0.1) is 0 Å². The van der Waals surface area contributed by atoms with Crippen molar-refractivity contribution in [3.8, 4) is 0 Å². The van der Waals surface area contributed by atoms with Gasteiger partial charge in [-0.2, -0.15) is 0 Å². The maximum Gasteiger partial charge on any atom is 0.312 e. The first-order chi connectivity index (χ1) is 11.8. The van der Waals surface area contributed by atoms with Gasteiger partial charge in [0.2, 0.25) is 0 Å². The van der Waals surface area contributed by atoms with Crippen molar-refractivity contribution in [2.24, 2.45) is 0 Å². The number of nitrogens with zero attached hydrogens (tertiary/aromatic N) is 1. The molecule has 2 amide bonds. The molecule has 0 aliphatic carbocycles. The van der Waals surface area contributed by atoms with Gasteiger partial charge in [0, 0.05) is 19.7 Å². The molecule has 0 radical (unpaired) electrons. The minimum absolute atomic E-state index is 0.0382. The summed E-state index contributed by atoms with van der Waals surface area (Å²) in [4.78, 5) is 26.3. The minimum atomic E-state index is -3.16.